The minimum Gasteiger partial charge on any atom is -0.462 e. The molecule has 23 nitrogen and oxygen atoms in total. The molecule has 16 unspecified atom stereocenters. The van der Waals surface area contributed by atoms with Crippen LogP contribution in [0.5, 0.6) is 0 Å². The highest BCUT2D eigenvalue weighted by molar-refractivity contribution is 7.47. The summed E-state index contributed by atoms with van der Waals surface area (Å²) in [6.45, 7) is 0.960. The maximum absolute atomic E-state index is 14.0. The molecule has 76 heavy (non-hydrogen) atoms. The van der Waals surface area contributed by atoms with Crippen molar-refractivity contribution in [3.8, 4) is 0 Å². The third-order valence-corrected chi connectivity index (χ3v) is 15.1. The van der Waals surface area contributed by atoms with E-state index in [9.17, 15) is 75.2 Å². The first-order chi connectivity index (χ1) is 36.4. The third kappa shape index (κ3) is 24.1. The molecule has 12 N–H and O–H groups in total. The molecule has 1 saturated carbocycles. The average molecular weight is 1120 g/mol. The summed E-state index contributed by atoms with van der Waals surface area (Å²) in [4.78, 5) is 37.3. The van der Waals surface area contributed by atoms with Gasteiger partial charge in [0.2, 0.25) is 0 Å². The Morgan fingerprint density at radius 3 is 1.30 bits per heavy atom. The van der Waals surface area contributed by atoms with Crippen molar-refractivity contribution >= 4 is 19.8 Å². The van der Waals surface area contributed by atoms with Crippen molar-refractivity contribution < 1.29 is 113 Å². The van der Waals surface area contributed by atoms with Gasteiger partial charge in [-0.2, -0.15) is 0 Å². The number of carbonyl (C=O) groups excluding carboxylic acids is 2. The lowest BCUT2D eigenvalue weighted by molar-refractivity contribution is -0.360. The van der Waals surface area contributed by atoms with E-state index in [1.165, 1.54) is 70.6 Å². The molecule has 3 rings (SSSR count). The molecule has 0 aromatic rings. The molecule has 1 aliphatic carbocycles. The SMILES string of the molecule is CCCCCCCCCC=CCCCCCC(=O)OC(COC(=O)CCCCCCCCCCCCC)COP(=O)(O)OC1C(OC2OC(CO)C(O)C(O)C2O)C(O)C(O)C(O)C1OC1OC(CO)C(O)C(O)C1O. The maximum atomic E-state index is 14.0. The number of allylic oxidation sites excluding steroid dienone is 2. The van der Waals surface area contributed by atoms with Crippen molar-refractivity contribution in [3.05, 3.63) is 12.2 Å². The molecule has 3 aliphatic rings. The van der Waals surface area contributed by atoms with Crippen LogP contribution in [0.3, 0.4) is 0 Å². The van der Waals surface area contributed by atoms with Gasteiger partial charge in [-0.15, -0.1) is 0 Å². The predicted octanol–water partition coefficient (Wildman–Crippen LogP) is 2.76. The number of carbonyl (C=O) groups is 2. The van der Waals surface area contributed by atoms with Crippen molar-refractivity contribution in [1.29, 1.82) is 0 Å². The van der Waals surface area contributed by atoms with Gasteiger partial charge in [0.1, 0.15) is 92.1 Å². The normalized spacial score (nSPS) is 32.3. The highest BCUT2D eigenvalue weighted by Gasteiger charge is 2.58. The number of phosphoric acid groups is 1. The van der Waals surface area contributed by atoms with Crippen LogP contribution in [-0.2, 0) is 51.6 Å². The Morgan fingerprint density at radius 2 is 0.868 bits per heavy atom. The Labute approximate surface area is 448 Å². The van der Waals surface area contributed by atoms with Crippen LogP contribution < -0.4 is 0 Å². The Bertz CT molecular complexity index is 1570. The van der Waals surface area contributed by atoms with Crippen LogP contribution in [0, 0.1) is 0 Å². The summed E-state index contributed by atoms with van der Waals surface area (Å²) in [5.74, 6) is -1.35. The lowest BCUT2D eigenvalue weighted by Crippen LogP contribution is -2.69. The second-order valence-corrected chi connectivity index (χ2v) is 21.9. The first-order valence-corrected chi connectivity index (χ1v) is 29.5. The van der Waals surface area contributed by atoms with Gasteiger partial charge < -0.3 is 89.5 Å². The first kappa shape index (κ1) is 68.5. The van der Waals surface area contributed by atoms with Crippen LogP contribution in [0.25, 0.3) is 0 Å². The number of ether oxygens (including phenoxy) is 6. The Kier molecular flexibility index (Phi) is 34.2. The fourth-order valence-electron chi connectivity index (χ4n) is 9.35. The number of unbranched alkanes of at least 4 members (excludes halogenated alkanes) is 20. The largest absolute Gasteiger partial charge is 0.472 e. The van der Waals surface area contributed by atoms with Crippen LogP contribution in [0.15, 0.2) is 12.2 Å². The zero-order valence-electron chi connectivity index (χ0n) is 44.8. The molecule has 446 valence electrons. The molecule has 3 fully saturated rings. The summed E-state index contributed by atoms with van der Waals surface area (Å²) in [7, 11) is -5.63. The number of rotatable bonds is 40. The third-order valence-electron chi connectivity index (χ3n) is 14.1. The molecule has 0 aromatic carbocycles. The van der Waals surface area contributed by atoms with Crippen molar-refractivity contribution in [2.45, 2.75) is 279 Å². The van der Waals surface area contributed by atoms with Gasteiger partial charge in [0.15, 0.2) is 18.7 Å². The molecular formula is C52H95O23P. The van der Waals surface area contributed by atoms with Crippen LogP contribution in [-0.4, -0.2) is 204 Å². The zero-order valence-corrected chi connectivity index (χ0v) is 45.7. The van der Waals surface area contributed by atoms with Gasteiger partial charge >= 0.3 is 19.8 Å². The number of hydrogen-bond donors (Lipinski definition) is 12. The molecule has 16 atom stereocenters. The summed E-state index contributed by atoms with van der Waals surface area (Å²) >= 11 is 0. The van der Waals surface area contributed by atoms with Gasteiger partial charge in [-0.1, -0.05) is 135 Å². The summed E-state index contributed by atoms with van der Waals surface area (Å²) in [6, 6.07) is 0. The summed E-state index contributed by atoms with van der Waals surface area (Å²) in [5.41, 5.74) is 0. The highest BCUT2D eigenvalue weighted by atomic mass is 31.2. The smallest absolute Gasteiger partial charge is 0.462 e. The second kappa shape index (κ2) is 38.0. The van der Waals surface area contributed by atoms with E-state index in [4.69, 9.17) is 37.5 Å². The number of hydrogen-bond acceptors (Lipinski definition) is 22. The van der Waals surface area contributed by atoms with Gasteiger partial charge in [-0.05, 0) is 38.5 Å². The molecule has 2 heterocycles. The van der Waals surface area contributed by atoms with Gasteiger partial charge in [-0.3, -0.25) is 18.6 Å². The average Bonchev–Trinajstić information content (AvgIpc) is 3.40. The van der Waals surface area contributed by atoms with Crippen LogP contribution in [0.4, 0.5) is 0 Å². The molecule has 0 aromatic heterocycles. The molecule has 0 bridgehead atoms. The molecular weight excluding hydrogens is 1020 g/mol. The van der Waals surface area contributed by atoms with Gasteiger partial charge in [-0.25, -0.2) is 4.57 Å². The monoisotopic (exact) mass is 1120 g/mol. The second-order valence-electron chi connectivity index (χ2n) is 20.5. The molecule has 0 amide bonds. The zero-order chi connectivity index (χ0) is 56.0. The topological polar surface area (TPSA) is 368 Å². The van der Waals surface area contributed by atoms with E-state index in [-0.39, 0.29) is 12.8 Å². The first-order valence-electron chi connectivity index (χ1n) is 28.0. The van der Waals surface area contributed by atoms with Gasteiger partial charge in [0, 0.05) is 12.8 Å². The number of aliphatic hydroxyl groups is 11. The van der Waals surface area contributed by atoms with E-state index in [2.05, 4.69) is 26.0 Å². The molecule has 0 radical (unpaired) electrons. The van der Waals surface area contributed by atoms with E-state index in [1.807, 2.05) is 0 Å². The van der Waals surface area contributed by atoms with E-state index in [0.29, 0.717) is 19.3 Å². The Balaban J connectivity index is 1.74. The summed E-state index contributed by atoms with van der Waals surface area (Å²) in [6.07, 6.45) is -6.34. The Hall–Kier alpha value is -1.81. The predicted molar refractivity (Wildman–Crippen MR) is 273 cm³/mol. The number of esters is 2. The highest BCUT2D eigenvalue weighted by Crippen LogP contribution is 2.49. The lowest BCUT2D eigenvalue weighted by Gasteiger charge is -2.49. The van der Waals surface area contributed by atoms with E-state index in [1.54, 1.807) is 0 Å². The summed E-state index contributed by atoms with van der Waals surface area (Å²) < 4.78 is 57.9. The van der Waals surface area contributed by atoms with Gasteiger partial charge in [0.25, 0.3) is 0 Å². The maximum Gasteiger partial charge on any atom is 0.472 e. The minimum absolute atomic E-state index is 0.0493. The van der Waals surface area contributed by atoms with E-state index >= 15 is 0 Å². The van der Waals surface area contributed by atoms with Crippen LogP contribution in [0.2, 0.25) is 0 Å². The molecule has 2 saturated heterocycles. The van der Waals surface area contributed by atoms with E-state index in [0.717, 1.165) is 57.8 Å². The van der Waals surface area contributed by atoms with Crippen LogP contribution in [0.1, 0.15) is 174 Å². The quantitative estimate of drug-likeness (QED) is 0.0182. The minimum atomic E-state index is -5.63. The molecule has 24 heteroatoms. The Morgan fingerprint density at radius 1 is 0.487 bits per heavy atom. The van der Waals surface area contributed by atoms with Crippen molar-refractivity contribution in [1.82, 2.24) is 0 Å². The molecule has 2 aliphatic heterocycles. The van der Waals surface area contributed by atoms with Crippen molar-refractivity contribution in [3.63, 3.8) is 0 Å². The number of phosphoric ester groups is 1. The fraction of sp³-hybridized carbons (Fsp3) is 0.923. The molecule has 0 spiro atoms. The lowest BCUT2D eigenvalue weighted by atomic mass is 9.84. The van der Waals surface area contributed by atoms with Crippen molar-refractivity contribution in [2.75, 3.05) is 26.4 Å². The van der Waals surface area contributed by atoms with Gasteiger partial charge in [0.05, 0.1) is 19.8 Å². The fourth-order valence-corrected chi connectivity index (χ4v) is 10.3. The van der Waals surface area contributed by atoms with E-state index < -0.39 is 150 Å². The van der Waals surface area contributed by atoms with Crippen molar-refractivity contribution in [2.24, 2.45) is 0 Å². The van der Waals surface area contributed by atoms with Crippen LogP contribution >= 0.6 is 7.82 Å². The standard InChI is InChI=1S/C52H95O23P/c1-3-5-7-9-11-13-15-16-17-19-21-23-25-27-29-38(56)70-34(32-68-37(55)28-26-24-22-20-18-14-12-10-8-6-4-2)33-69-76(66,67)75-50-48(73-51-46(64)41(59)39(57)35(30-53)71-51)44(62)43(61)45(63)49(50)74-52-47(65)42(60)40(58)36(31-54)72-52/h17,19,34-36,39-54,57-65H,3-16,18,20-33H2,1-2H3,(H,66,67). The summed E-state index contributed by atoms with van der Waals surface area (Å²) in [5, 5.41) is 116. The number of aliphatic hydroxyl groups excluding tert-OH is 11.